The standard InChI is InChI=1S/C20H35N3O4/c1-16(24)22-9-2-3-19(15-22)23(18-6-13-27-14-7-18)10-8-21-20(25)17-4-11-26-12-5-17/h17-19H,2-15H2,1H3,(H,21,25). The van der Waals surface area contributed by atoms with Gasteiger partial charge in [-0.3, -0.25) is 14.5 Å². The van der Waals surface area contributed by atoms with Crippen LogP contribution in [0.5, 0.6) is 0 Å². The van der Waals surface area contributed by atoms with Crippen molar-refractivity contribution < 1.29 is 19.1 Å². The summed E-state index contributed by atoms with van der Waals surface area (Å²) in [5.41, 5.74) is 0. The summed E-state index contributed by atoms with van der Waals surface area (Å²) in [5, 5.41) is 3.15. The van der Waals surface area contributed by atoms with E-state index in [1.165, 1.54) is 0 Å². The fraction of sp³-hybridized carbons (Fsp3) is 0.900. The summed E-state index contributed by atoms with van der Waals surface area (Å²) in [4.78, 5) is 28.8. The summed E-state index contributed by atoms with van der Waals surface area (Å²) in [6, 6.07) is 0.862. The van der Waals surface area contributed by atoms with Gasteiger partial charge >= 0.3 is 0 Å². The first-order valence-electron chi connectivity index (χ1n) is 10.6. The minimum absolute atomic E-state index is 0.0955. The molecule has 0 radical (unpaired) electrons. The van der Waals surface area contributed by atoms with Crippen LogP contribution in [0.3, 0.4) is 0 Å². The van der Waals surface area contributed by atoms with E-state index in [0.717, 1.165) is 71.4 Å². The Bertz CT molecular complexity index is 490. The molecule has 3 heterocycles. The number of amides is 2. The molecule has 0 aromatic carbocycles. The normalized spacial score (nSPS) is 25.6. The van der Waals surface area contributed by atoms with Crippen molar-refractivity contribution in [1.82, 2.24) is 15.1 Å². The number of hydrogen-bond donors (Lipinski definition) is 1. The Hall–Kier alpha value is -1.18. The van der Waals surface area contributed by atoms with E-state index in [1.54, 1.807) is 6.92 Å². The van der Waals surface area contributed by atoms with E-state index in [2.05, 4.69) is 10.2 Å². The molecular weight excluding hydrogens is 346 g/mol. The minimum atomic E-state index is 0.0955. The molecule has 1 unspecified atom stereocenters. The average Bonchev–Trinajstić information content (AvgIpc) is 2.72. The third-order valence-electron chi connectivity index (χ3n) is 6.23. The van der Waals surface area contributed by atoms with Gasteiger partial charge in [0.2, 0.25) is 11.8 Å². The quantitative estimate of drug-likeness (QED) is 0.744. The number of piperidine rings is 1. The summed E-state index contributed by atoms with van der Waals surface area (Å²) < 4.78 is 10.9. The molecule has 0 bridgehead atoms. The fourth-order valence-corrected chi connectivity index (χ4v) is 4.60. The molecule has 0 aromatic rings. The maximum Gasteiger partial charge on any atom is 0.223 e. The molecule has 7 heteroatoms. The van der Waals surface area contributed by atoms with Crippen molar-refractivity contribution in [3.8, 4) is 0 Å². The molecule has 0 saturated carbocycles. The monoisotopic (exact) mass is 381 g/mol. The highest BCUT2D eigenvalue weighted by atomic mass is 16.5. The molecule has 3 saturated heterocycles. The molecule has 3 aliphatic rings. The number of carbonyl (C=O) groups is 2. The van der Waals surface area contributed by atoms with Gasteiger partial charge < -0.3 is 19.7 Å². The van der Waals surface area contributed by atoms with Crippen LogP contribution in [0, 0.1) is 5.92 Å². The highest BCUT2D eigenvalue weighted by molar-refractivity contribution is 5.78. The van der Waals surface area contributed by atoms with Gasteiger partial charge in [0.15, 0.2) is 0 Å². The highest BCUT2D eigenvalue weighted by Gasteiger charge is 2.32. The Morgan fingerprint density at radius 1 is 1.00 bits per heavy atom. The van der Waals surface area contributed by atoms with Gasteiger partial charge in [0.25, 0.3) is 0 Å². The van der Waals surface area contributed by atoms with Gasteiger partial charge in [-0.25, -0.2) is 0 Å². The second kappa shape index (κ2) is 10.4. The smallest absolute Gasteiger partial charge is 0.223 e. The van der Waals surface area contributed by atoms with Gasteiger partial charge in [-0.05, 0) is 38.5 Å². The molecule has 27 heavy (non-hydrogen) atoms. The van der Waals surface area contributed by atoms with Crippen LogP contribution in [-0.4, -0.2) is 86.3 Å². The van der Waals surface area contributed by atoms with Crippen LogP contribution in [0.2, 0.25) is 0 Å². The summed E-state index contributed by atoms with van der Waals surface area (Å²) in [6.07, 6.45) is 5.89. The molecule has 2 amide bonds. The average molecular weight is 382 g/mol. The number of nitrogens with one attached hydrogen (secondary N) is 1. The Morgan fingerprint density at radius 3 is 2.33 bits per heavy atom. The van der Waals surface area contributed by atoms with E-state index < -0.39 is 0 Å². The molecule has 1 atom stereocenters. The Morgan fingerprint density at radius 2 is 1.67 bits per heavy atom. The third kappa shape index (κ3) is 5.90. The highest BCUT2D eigenvalue weighted by Crippen LogP contribution is 2.23. The van der Waals surface area contributed by atoms with Crippen molar-refractivity contribution in [3.05, 3.63) is 0 Å². The van der Waals surface area contributed by atoms with E-state index in [-0.39, 0.29) is 17.7 Å². The molecule has 7 nitrogen and oxygen atoms in total. The molecule has 3 rings (SSSR count). The van der Waals surface area contributed by atoms with Crippen LogP contribution < -0.4 is 5.32 Å². The first-order valence-corrected chi connectivity index (χ1v) is 10.6. The lowest BCUT2D eigenvalue weighted by molar-refractivity contribution is -0.131. The zero-order valence-corrected chi connectivity index (χ0v) is 16.7. The summed E-state index contributed by atoms with van der Waals surface area (Å²) in [5.74, 6) is 0.428. The van der Waals surface area contributed by atoms with Crippen molar-refractivity contribution in [2.24, 2.45) is 5.92 Å². The first kappa shape index (κ1) is 20.6. The van der Waals surface area contributed by atoms with E-state index in [0.29, 0.717) is 31.8 Å². The van der Waals surface area contributed by atoms with Crippen molar-refractivity contribution in [2.75, 3.05) is 52.6 Å². The zero-order valence-electron chi connectivity index (χ0n) is 16.7. The predicted molar refractivity (Wildman–Crippen MR) is 102 cm³/mol. The number of rotatable bonds is 6. The second-order valence-corrected chi connectivity index (χ2v) is 8.02. The minimum Gasteiger partial charge on any atom is -0.381 e. The second-order valence-electron chi connectivity index (χ2n) is 8.02. The fourth-order valence-electron chi connectivity index (χ4n) is 4.60. The molecule has 0 spiro atoms. The van der Waals surface area contributed by atoms with Crippen LogP contribution in [0.15, 0.2) is 0 Å². The van der Waals surface area contributed by atoms with Crippen molar-refractivity contribution in [3.63, 3.8) is 0 Å². The molecule has 3 fully saturated rings. The number of hydrogen-bond acceptors (Lipinski definition) is 5. The predicted octanol–water partition coefficient (Wildman–Crippen LogP) is 1.02. The van der Waals surface area contributed by atoms with Crippen LogP contribution in [0.4, 0.5) is 0 Å². The first-order chi connectivity index (χ1) is 13.1. The van der Waals surface area contributed by atoms with Gasteiger partial charge in [-0.2, -0.15) is 0 Å². The topological polar surface area (TPSA) is 71.1 Å². The van der Waals surface area contributed by atoms with Crippen LogP contribution in [-0.2, 0) is 19.1 Å². The van der Waals surface area contributed by atoms with Gasteiger partial charge in [-0.15, -0.1) is 0 Å². The Balaban J connectivity index is 1.54. The maximum atomic E-state index is 12.4. The molecule has 1 N–H and O–H groups in total. The lowest BCUT2D eigenvalue weighted by Gasteiger charge is -2.44. The number of carbonyl (C=O) groups excluding carboxylic acids is 2. The lowest BCUT2D eigenvalue weighted by Crippen LogP contribution is -2.55. The molecule has 154 valence electrons. The van der Waals surface area contributed by atoms with Crippen LogP contribution in [0.25, 0.3) is 0 Å². The summed E-state index contributed by atoms with van der Waals surface area (Å²) in [7, 11) is 0. The number of nitrogens with zero attached hydrogens (tertiary/aromatic N) is 2. The van der Waals surface area contributed by atoms with Crippen molar-refractivity contribution >= 4 is 11.8 Å². The van der Waals surface area contributed by atoms with E-state index in [9.17, 15) is 9.59 Å². The van der Waals surface area contributed by atoms with E-state index >= 15 is 0 Å². The molecule has 0 aromatic heterocycles. The largest absolute Gasteiger partial charge is 0.381 e. The van der Waals surface area contributed by atoms with E-state index in [1.807, 2.05) is 4.90 Å². The third-order valence-corrected chi connectivity index (χ3v) is 6.23. The summed E-state index contributed by atoms with van der Waals surface area (Å²) >= 11 is 0. The number of likely N-dealkylation sites (tertiary alicyclic amines) is 1. The molecule has 0 aliphatic carbocycles. The van der Waals surface area contributed by atoms with Gasteiger partial charge in [0, 0.05) is 77.5 Å². The van der Waals surface area contributed by atoms with Crippen LogP contribution >= 0.6 is 0 Å². The lowest BCUT2D eigenvalue weighted by atomic mass is 9.98. The van der Waals surface area contributed by atoms with Crippen molar-refractivity contribution in [2.45, 2.75) is 57.5 Å². The molecular formula is C20H35N3O4. The Kier molecular flexibility index (Phi) is 7.91. The van der Waals surface area contributed by atoms with Gasteiger partial charge in [0.1, 0.15) is 0 Å². The summed E-state index contributed by atoms with van der Waals surface area (Å²) in [6.45, 7) is 7.84. The Labute approximate surface area is 162 Å². The van der Waals surface area contributed by atoms with Crippen molar-refractivity contribution in [1.29, 1.82) is 0 Å². The maximum absolute atomic E-state index is 12.4. The number of ether oxygens (including phenoxy) is 2. The van der Waals surface area contributed by atoms with Gasteiger partial charge in [0.05, 0.1) is 0 Å². The SMILES string of the molecule is CC(=O)N1CCCC(N(CCNC(=O)C2CCOCC2)C2CCOCC2)C1. The van der Waals surface area contributed by atoms with Crippen LogP contribution in [0.1, 0.15) is 45.4 Å². The van der Waals surface area contributed by atoms with E-state index in [4.69, 9.17) is 9.47 Å². The zero-order chi connectivity index (χ0) is 19.1. The van der Waals surface area contributed by atoms with Gasteiger partial charge in [-0.1, -0.05) is 0 Å². The molecule has 3 aliphatic heterocycles.